The van der Waals surface area contributed by atoms with Gasteiger partial charge in [0.15, 0.2) is 0 Å². The van der Waals surface area contributed by atoms with E-state index in [9.17, 15) is 19.7 Å². The van der Waals surface area contributed by atoms with Crippen molar-refractivity contribution in [2.45, 2.75) is 58.8 Å². The summed E-state index contributed by atoms with van der Waals surface area (Å²) in [5.74, 6) is 0.187. The summed E-state index contributed by atoms with van der Waals surface area (Å²) >= 11 is 0. The zero-order valence-corrected chi connectivity index (χ0v) is 24.8. The van der Waals surface area contributed by atoms with Crippen LogP contribution in [0.3, 0.4) is 0 Å². The number of rotatable bonds is 18. The van der Waals surface area contributed by atoms with Crippen molar-refractivity contribution in [2.75, 3.05) is 19.8 Å². The number of nitro benzene ring substituents is 1. The molecule has 0 heterocycles. The molecule has 0 aliphatic heterocycles. The van der Waals surface area contributed by atoms with Gasteiger partial charge in [0.2, 0.25) is 5.75 Å². The summed E-state index contributed by atoms with van der Waals surface area (Å²) in [5, 5.41) is 11.7. The molecular weight excluding hydrogens is 550 g/mol. The van der Waals surface area contributed by atoms with Gasteiger partial charge < -0.3 is 18.9 Å². The van der Waals surface area contributed by atoms with Crippen LogP contribution >= 0.6 is 0 Å². The van der Waals surface area contributed by atoms with Gasteiger partial charge in [-0.2, -0.15) is 0 Å². The first-order valence-corrected chi connectivity index (χ1v) is 14.6. The van der Waals surface area contributed by atoms with Gasteiger partial charge in [-0.3, -0.25) is 10.1 Å². The Hall–Kier alpha value is -4.66. The third-order valence-electron chi connectivity index (χ3n) is 6.59. The van der Waals surface area contributed by atoms with E-state index >= 15 is 0 Å². The second-order valence-corrected chi connectivity index (χ2v) is 10.1. The minimum absolute atomic E-state index is 0.128. The average Bonchev–Trinajstić information content (AvgIpc) is 3.00. The molecule has 0 atom stereocenters. The van der Waals surface area contributed by atoms with Gasteiger partial charge in [0, 0.05) is 11.6 Å². The number of benzene rings is 3. The highest BCUT2D eigenvalue weighted by Gasteiger charge is 2.20. The normalized spacial score (nSPS) is 10.6. The van der Waals surface area contributed by atoms with E-state index in [4.69, 9.17) is 18.9 Å². The maximum atomic E-state index is 12.7. The fraction of sp³-hybridized carbons (Fsp3) is 0.353. The van der Waals surface area contributed by atoms with Crippen molar-refractivity contribution >= 4 is 17.6 Å². The molecule has 0 N–H and O–H groups in total. The second kappa shape index (κ2) is 17.3. The van der Waals surface area contributed by atoms with Gasteiger partial charge in [0.25, 0.3) is 0 Å². The maximum Gasteiger partial charge on any atom is 0.343 e. The number of hydrogen-bond acceptors (Lipinski definition) is 8. The first-order valence-electron chi connectivity index (χ1n) is 14.6. The SMILES string of the molecule is C=C(C)C(=O)OCCCCCCCCCOc1ccc(C(=O)Oc2ccc(-c3ccc(OCC)cc3)cc2[N+](=O)[O-])cc1. The molecule has 228 valence electrons. The topological polar surface area (TPSA) is 114 Å². The molecule has 9 heteroatoms. The molecule has 0 saturated carbocycles. The van der Waals surface area contributed by atoms with Gasteiger partial charge in [-0.05, 0) is 80.3 Å². The summed E-state index contributed by atoms with van der Waals surface area (Å²) in [6, 6.07) is 18.2. The molecule has 0 aliphatic rings. The molecule has 0 unspecified atom stereocenters. The van der Waals surface area contributed by atoms with E-state index in [1.165, 1.54) is 12.1 Å². The molecule has 0 saturated heterocycles. The predicted octanol–water partition coefficient (Wildman–Crippen LogP) is 8.11. The van der Waals surface area contributed by atoms with E-state index in [1.807, 2.05) is 19.1 Å². The third-order valence-corrected chi connectivity index (χ3v) is 6.59. The van der Waals surface area contributed by atoms with Crippen molar-refractivity contribution in [1.82, 2.24) is 0 Å². The minimum atomic E-state index is -0.697. The molecule has 9 nitrogen and oxygen atoms in total. The Kier molecular flexibility index (Phi) is 13.2. The van der Waals surface area contributed by atoms with Crippen LogP contribution in [0.4, 0.5) is 5.69 Å². The number of ether oxygens (including phenoxy) is 4. The molecular formula is C34H39NO8. The lowest BCUT2D eigenvalue weighted by Crippen LogP contribution is -2.10. The minimum Gasteiger partial charge on any atom is -0.494 e. The number of nitro groups is 1. The Balaban J connectivity index is 1.40. The lowest BCUT2D eigenvalue weighted by molar-refractivity contribution is -0.385. The molecule has 0 amide bonds. The van der Waals surface area contributed by atoms with Crippen molar-refractivity contribution in [3.63, 3.8) is 0 Å². The summed E-state index contributed by atoms with van der Waals surface area (Å²) in [5.41, 5.74) is 1.77. The van der Waals surface area contributed by atoms with Gasteiger partial charge in [0.1, 0.15) is 11.5 Å². The summed E-state index contributed by atoms with van der Waals surface area (Å²) < 4.78 is 21.7. The van der Waals surface area contributed by atoms with Crippen LogP contribution in [0.15, 0.2) is 78.9 Å². The molecule has 0 radical (unpaired) electrons. The van der Waals surface area contributed by atoms with Crippen molar-refractivity contribution < 1.29 is 33.5 Å². The Morgan fingerprint density at radius 3 is 1.93 bits per heavy atom. The zero-order chi connectivity index (χ0) is 31.0. The quantitative estimate of drug-likeness (QED) is 0.0365. The van der Waals surface area contributed by atoms with E-state index in [2.05, 4.69) is 6.58 Å². The van der Waals surface area contributed by atoms with Crippen LogP contribution in [-0.2, 0) is 9.53 Å². The van der Waals surface area contributed by atoms with Gasteiger partial charge >= 0.3 is 17.6 Å². The van der Waals surface area contributed by atoms with Crippen molar-refractivity contribution in [2.24, 2.45) is 0 Å². The number of hydrogen-bond donors (Lipinski definition) is 0. The van der Waals surface area contributed by atoms with E-state index in [1.54, 1.807) is 49.4 Å². The number of esters is 2. The van der Waals surface area contributed by atoms with Gasteiger partial charge in [-0.25, -0.2) is 9.59 Å². The van der Waals surface area contributed by atoms with E-state index in [-0.39, 0.29) is 23.0 Å². The van der Waals surface area contributed by atoms with Crippen LogP contribution in [0.2, 0.25) is 0 Å². The molecule has 43 heavy (non-hydrogen) atoms. The summed E-state index contributed by atoms with van der Waals surface area (Å²) in [7, 11) is 0. The van der Waals surface area contributed by atoms with E-state index in [0.717, 1.165) is 50.5 Å². The molecule has 0 spiro atoms. The van der Waals surface area contributed by atoms with E-state index in [0.29, 0.717) is 42.5 Å². The standard InChI is InChI=1S/C34H39NO8/c1-4-40-29-17-12-26(13-18-29)28-16-21-32(31(24-28)35(38)39)43-34(37)27-14-19-30(20-15-27)41-22-10-8-6-5-7-9-11-23-42-33(36)25(2)3/h12-21,24H,2,4-11,22-23H2,1,3H3. The van der Waals surface area contributed by atoms with Crippen molar-refractivity contribution in [3.8, 4) is 28.4 Å². The zero-order valence-electron chi connectivity index (χ0n) is 24.8. The number of nitrogens with zero attached hydrogens (tertiary/aromatic N) is 1. The first-order chi connectivity index (χ1) is 20.8. The van der Waals surface area contributed by atoms with Crippen LogP contribution in [0.1, 0.15) is 69.2 Å². The third kappa shape index (κ3) is 10.9. The van der Waals surface area contributed by atoms with E-state index < -0.39 is 10.9 Å². The summed E-state index contributed by atoms with van der Waals surface area (Å²) in [4.78, 5) is 35.2. The lowest BCUT2D eigenvalue weighted by Gasteiger charge is -2.09. The average molecular weight is 590 g/mol. The highest BCUT2D eigenvalue weighted by molar-refractivity contribution is 5.92. The van der Waals surface area contributed by atoms with Crippen molar-refractivity contribution in [3.05, 3.63) is 94.6 Å². The highest BCUT2D eigenvalue weighted by atomic mass is 16.6. The summed E-state index contributed by atoms with van der Waals surface area (Å²) in [6.45, 7) is 8.64. The maximum absolute atomic E-state index is 12.7. The van der Waals surface area contributed by atoms with Crippen LogP contribution in [0.5, 0.6) is 17.2 Å². The molecule has 3 rings (SSSR count). The van der Waals surface area contributed by atoms with Gasteiger partial charge in [0.05, 0.1) is 30.3 Å². The smallest absolute Gasteiger partial charge is 0.343 e. The van der Waals surface area contributed by atoms with Crippen LogP contribution < -0.4 is 14.2 Å². The Bertz CT molecular complexity index is 1370. The molecule has 0 bridgehead atoms. The molecule has 0 fully saturated rings. The Morgan fingerprint density at radius 2 is 1.33 bits per heavy atom. The number of carbonyl (C=O) groups excluding carboxylic acids is 2. The predicted molar refractivity (Wildman–Crippen MR) is 165 cm³/mol. The van der Waals surface area contributed by atoms with Crippen LogP contribution in [-0.4, -0.2) is 36.7 Å². The Labute approximate surface area is 252 Å². The second-order valence-electron chi connectivity index (χ2n) is 10.1. The number of unbranched alkanes of at least 4 members (excludes halogenated alkanes) is 6. The molecule has 3 aromatic carbocycles. The molecule has 0 aromatic heterocycles. The summed E-state index contributed by atoms with van der Waals surface area (Å²) in [6.07, 6.45) is 7.16. The monoisotopic (exact) mass is 589 g/mol. The lowest BCUT2D eigenvalue weighted by atomic mass is 10.0. The fourth-order valence-electron chi connectivity index (χ4n) is 4.25. The first kappa shape index (κ1) is 32.8. The van der Waals surface area contributed by atoms with Crippen LogP contribution in [0.25, 0.3) is 11.1 Å². The molecule has 3 aromatic rings. The fourth-order valence-corrected chi connectivity index (χ4v) is 4.25. The van der Waals surface area contributed by atoms with Gasteiger partial charge in [-0.1, -0.05) is 56.9 Å². The van der Waals surface area contributed by atoms with Crippen molar-refractivity contribution in [1.29, 1.82) is 0 Å². The highest BCUT2D eigenvalue weighted by Crippen LogP contribution is 2.33. The number of carbonyl (C=O) groups is 2. The molecule has 0 aliphatic carbocycles. The Morgan fingerprint density at radius 1 is 0.767 bits per heavy atom. The largest absolute Gasteiger partial charge is 0.494 e. The van der Waals surface area contributed by atoms with Crippen LogP contribution in [0, 0.1) is 10.1 Å². The van der Waals surface area contributed by atoms with Gasteiger partial charge in [-0.15, -0.1) is 0 Å².